The van der Waals surface area contributed by atoms with Gasteiger partial charge in [-0.05, 0) is 49.9 Å². The molecule has 0 bridgehead atoms. The van der Waals surface area contributed by atoms with Gasteiger partial charge in [0.25, 0.3) is 0 Å². The molecule has 2 aliphatic rings. The van der Waals surface area contributed by atoms with E-state index in [1.54, 1.807) is 0 Å². The lowest BCUT2D eigenvalue weighted by molar-refractivity contribution is -0.201. The molecule has 2 fully saturated rings. The minimum Gasteiger partial charge on any atom is -0.352 e. The molecule has 100 valence electrons. The van der Waals surface area contributed by atoms with Crippen molar-refractivity contribution in [1.29, 1.82) is 0 Å². The second-order valence-corrected chi connectivity index (χ2v) is 6.89. The number of hydrogen-bond donors (Lipinski definition) is 0. The van der Waals surface area contributed by atoms with E-state index in [1.807, 2.05) is 0 Å². The normalized spacial score (nSPS) is 34.8. The Labute approximate surface area is 106 Å². The minimum atomic E-state index is 0.0844. The van der Waals surface area contributed by atoms with Gasteiger partial charge < -0.3 is 9.47 Å². The number of rotatable bonds is 3. The van der Waals surface area contributed by atoms with Gasteiger partial charge in [-0.15, -0.1) is 0 Å². The highest BCUT2D eigenvalue weighted by atomic mass is 16.7. The van der Waals surface area contributed by atoms with Gasteiger partial charge >= 0.3 is 0 Å². The van der Waals surface area contributed by atoms with Gasteiger partial charge in [-0.1, -0.05) is 20.8 Å². The quantitative estimate of drug-likeness (QED) is 0.742. The highest BCUT2D eigenvalue weighted by Gasteiger charge is 2.27. The molecule has 0 aromatic carbocycles. The monoisotopic (exact) mass is 240 g/mol. The molecule has 0 radical (unpaired) electrons. The molecule has 0 N–H and O–H groups in total. The predicted octanol–water partition coefficient (Wildman–Crippen LogP) is 3.99. The lowest BCUT2D eigenvalue weighted by Crippen LogP contribution is -2.31. The van der Waals surface area contributed by atoms with Crippen LogP contribution in [0.4, 0.5) is 0 Å². The molecule has 2 rings (SSSR count). The summed E-state index contributed by atoms with van der Waals surface area (Å²) in [7, 11) is 0. The van der Waals surface area contributed by atoms with Gasteiger partial charge in [0, 0.05) is 5.92 Å². The third-order valence-electron chi connectivity index (χ3n) is 4.40. The van der Waals surface area contributed by atoms with Crippen LogP contribution in [0.1, 0.15) is 59.3 Å². The molecule has 2 nitrogen and oxygen atoms in total. The first-order valence-corrected chi connectivity index (χ1v) is 7.28. The lowest BCUT2D eigenvalue weighted by Gasteiger charge is -2.35. The van der Waals surface area contributed by atoms with Crippen molar-refractivity contribution in [2.75, 3.05) is 13.2 Å². The molecule has 0 aromatic rings. The second-order valence-electron chi connectivity index (χ2n) is 6.89. The molecule has 0 spiro atoms. The van der Waals surface area contributed by atoms with Gasteiger partial charge in [-0.25, -0.2) is 0 Å². The Bertz CT molecular complexity index is 219. The number of ether oxygens (including phenoxy) is 2. The van der Waals surface area contributed by atoms with Crippen LogP contribution in [-0.2, 0) is 9.47 Å². The van der Waals surface area contributed by atoms with Crippen LogP contribution in [-0.4, -0.2) is 19.5 Å². The predicted molar refractivity (Wildman–Crippen MR) is 69.8 cm³/mol. The molecular weight excluding hydrogens is 212 g/mol. The van der Waals surface area contributed by atoms with Crippen molar-refractivity contribution < 1.29 is 9.47 Å². The van der Waals surface area contributed by atoms with E-state index < -0.39 is 0 Å². The summed E-state index contributed by atoms with van der Waals surface area (Å²) < 4.78 is 11.4. The molecule has 0 atom stereocenters. The van der Waals surface area contributed by atoms with Crippen molar-refractivity contribution in [1.82, 2.24) is 0 Å². The van der Waals surface area contributed by atoms with Gasteiger partial charge in [0.15, 0.2) is 6.29 Å². The Kier molecular flexibility index (Phi) is 4.48. The van der Waals surface area contributed by atoms with Crippen LogP contribution in [0.5, 0.6) is 0 Å². The van der Waals surface area contributed by atoms with Crippen LogP contribution >= 0.6 is 0 Å². The molecule has 0 aromatic heterocycles. The zero-order valence-electron chi connectivity index (χ0n) is 11.7. The maximum Gasteiger partial charge on any atom is 0.157 e. The van der Waals surface area contributed by atoms with E-state index in [1.165, 1.54) is 32.1 Å². The van der Waals surface area contributed by atoms with Crippen LogP contribution in [0.2, 0.25) is 0 Å². The van der Waals surface area contributed by atoms with E-state index in [9.17, 15) is 0 Å². The van der Waals surface area contributed by atoms with Crippen molar-refractivity contribution >= 4 is 0 Å². The summed E-state index contributed by atoms with van der Waals surface area (Å²) in [6.45, 7) is 8.74. The standard InChI is InChI=1S/C15H28O2/c1-12-10-16-14(17-11-12)5-4-13-6-8-15(2,3)9-7-13/h12-14H,4-11H2,1-3H3. The van der Waals surface area contributed by atoms with E-state index in [4.69, 9.17) is 9.47 Å². The van der Waals surface area contributed by atoms with Crippen molar-refractivity contribution in [3.63, 3.8) is 0 Å². The largest absolute Gasteiger partial charge is 0.352 e. The van der Waals surface area contributed by atoms with Crippen molar-refractivity contribution in [2.24, 2.45) is 17.3 Å². The molecule has 0 unspecified atom stereocenters. The fourth-order valence-corrected chi connectivity index (χ4v) is 2.93. The van der Waals surface area contributed by atoms with E-state index in [0.717, 1.165) is 25.6 Å². The first-order chi connectivity index (χ1) is 8.05. The van der Waals surface area contributed by atoms with E-state index in [2.05, 4.69) is 20.8 Å². The Morgan fingerprint density at radius 1 is 1.00 bits per heavy atom. The van der Waals surface area contributed by atoms with Gasteiger partial charge in [0.1, 0.15) is 0 Å². The van der Waals surface area contributed by atoms with Gasteiger partial charge in [-0.3, -0.25) is 0 Å². The maximum atomic E-state index is 5.70. The molecule has 1 saturated carbocycles. The molecule has 1 aliphatic carbocycles. The Balaban J connectivity index is 1.63. The summed E-state index contributed by atoms with van der Waals surface area (Å²) in [5, 5.41) is 0. The van der Waals surface area contributed by atoms with Gasteiger partial charge in [-0.2, -0.15) is 0 Å². The fraction of sp³-hybridized carbons (Fsp3) is 1.00. The summed E-state index contributed by atoms with van der Waals surface area (Å²) in [5.41, 5.74) is 0.587. The van der Waals surface area contributed by atoms with E-state index >= 15 is 0 Å². The summed E-state index contributed by atoms with van der Waals surface area (Å²) in [6.07, 6.45) is 8.04. The van der Waals surface area contributed by atoms with E-state index in [-0.39, 0.29) is 6.29 Å². The fourth-order valence-electron chi connectivity index (χ4n) is 2.93. The Morgan fingerprint density at radius 3 is 2.18 bits per heavy atom. The third-order valence-corrected chi connectivity index (χ3v) is 4.40. The van der Waals surface area contributed by atoms with Gasteiger partial charge in [0.2, 0.25) is 0 Å². The molecule has 1 saturated heterocycles. The summed E-state index contributed by atoms with van der Waals surface area (Å²) in [6, 6.07) is 0. The average Bonchev–Trinajstić information content (AvgIpc) is 2.30. The van der Waals surface area contributed by atoms with Crippen molar-refractivity contribution in [2.45, 2.75) is 65.6 Å². The molecule has 0 amide bonds. The van der Waals surface area contributed by atoms with Crippen molar-refractivity contribution in [3.8, 4) is 0 Å². The lowest BCUT2D eigenvalue weighted by atomic mass is 9.72. The molecular formula is C15H28O2. The summed E-state index contributed by atoms with van der Waals surface area (Å²) in [5.74, 6) is 1.48. The first-order valence-electron chi connectivity index (χ1n) is 7.28. The highest BCUT2D eigenvalue weighted by molar-refractivity contribution is 4.78. The maximum absolute atomic E-state index is 5.70. The highest BCUT2D eigenvalue weighted by Crippen LogP contribution is 2.39. The van der Waals surface area contributed by atoms with Gasteiger partial charge in [0.05, 0.1) is 13.2 Å². The first kappa shape index (κ1) is 13.4. The SMILES string of the molecule is CC1COC(CCC2CCC(C)(C)CC2)OC1. The Morgan fingerprint density at radius 2 is 1.59 bits per heavy atom. The zero-order chi connectivity index (χ0) is 12.3. The van der Waals surface area contributed by atoms with Crippen LogP contribution < -0.4 is 0 Å². The smallest absolute Gasteiger partial charge is 0.157 e. The summed E-state index contributed by atoms with van der Waals surface area (Å²) >= 11 is 0. The zero-order valence-corrected chi connectivity index (χ0v) is 11.7. The average molecular weight is 240 g/mol. The summed E-state index contributed by atoms with van der Waals surface area (Å²) in [4.78, 5) is 0. The van der Waals surface area contributed by atoms with Crippen LogP contribution in [0.3, 0.4) is 0 Å². The molecule has 2 heteroatoms. The second kappa shape index (κ2) is 5.71. The van der Waals surface area contributed by atoms with Crippen LogP contribution in [0.15, 0.2) is 0 Å². The topological polar surface area (TPSA) is 18.5 Å². The molecule has 1 aliphatic heterocycles. The van der Waals surface area contributed by atoms with Crippen LogP contribution in [0, 0.1) is 17.3 Å². The Hall–Kier alpha value is -0.0800. The third kappa shape index (κ3) is 4.26. The molecule has 1 heterocycles. The molecule has 17 heavy (non-hydrogen) atoms. The van der Waals surface area contributed by atoms with Crippen LogP contribution in [0.25, 0.3) is 0 Å². The number of hydrogen-bond acceptors (Lipinski definition) is 2. The van der Waals surface area contributed by atoms with E-state index in [0.29, 0.717) is 11.3 Å². The van der Waals surface area contributed by atoms with Crippen molar-refractivity contribution in [3.05, 3.63) is 0 Å². The minimum absolute atomic E-state index is 0.0844.